The number of piperidine rings is 1. The van der Waals surface area contributed by atoms with E-state index < -0.39 is 5.60 Å². The number of amides is 1. The van der Waals surface area contributed by atoms with Gasteiger partial charge in [0, 0.05) is 13.1 Å². The quantitative estimate of drug-likeness (QED) is 0.897. The van der Waals surface area contributed by atoms with E-state index in [0.717, 1.165) is 31.6 Å². The van der Waals surface area contributed by atoms with Crippen LogP contribution in [0.2, 0.25) is 0 Å². The third kappa shape index (κ3) is 4.79. The molecule has 0 spiro atoms. The summed E-state index contributed by atoms with van der Waals surface area (Å²) in [5, 5.41) is 3.26. The summed E-state index contributed by atoms with van der Waals surface area (Å²) < 4.78 is 5.50. The number of likely N-dealkylation sites (tertiary alicyclic amines) is 1. The molecule has 6 nitrogen and oxygen atoms in total. The summed E-state index contributed by atoms with van der Waals surface area (Å²) in [7, 11) is 0. The van der Waals surface area contributed by atoms with Crippen LogP contribution in [0.15, 0.2) is 18.2 Å². The van der Waals surface area contributed by atoms with Gasteiger partial charge in [0.05, 0.1) is 6.04 Å². The molecule has 6 heteroatoms. The first-order chi connectivity index (χ1) is 10.3. The zero-order chi connectivity index (χ0) is 16.2. The number of aromatic nitrogens is 1. The highest BCUT2D eigenvalue weighted by Crippen LogP contribution is 2.21. The number of nitrogens with two attached hydrogens (primary N) is 1. The molecule has 1 amide bonds. The van der Waals surface area contributed by atoms with E-state index in [1.54, 1.807) is 6.07 Å². The van der Waals surface area contributed by atoms with Gasteiger partial charge < -0.3 is 20.7 Å². The highest BCUT2D eigenvalue weighted by molar-refractivity contribution is 5.68. The fraction of sp³-hybridized carbons (Fsp3) is 0.625. The van der Waals surface area contributed by atoms with E-state index in [9.17, 15) is 4.79 Å². The van der Waals surface area contributed by atoms with Crippen molar-refractivity contribution in [1.82, 2.24) is 9.88 Å². The highest BCUT2D eigenvalue weighted by Gasteiger charge is 2.30. The lowest BCUT2D eigenvalue weighted by atomic mass is 10.0. The first-order valence-corrected chi connectivity index (χ1v) is 7.81. The monoisotopic (exact) mass is 306 g/mol. The number of hydrogen-bond donors (Lipinski definition) is 2. The molecule has 1 saturated heterocycles. The lowest BCUT2D eigenvalue weighted by molar-refractivity contribution is 0.0114. The van der Waals surface area contributed by atoms with Gasteiger partial charge in [0.2, 0.25) is 0 Å². The van der Waals surface area contributed by atoms with Crippen LogP contribution in [-0.4, -0.2) is 40.7 Å². The second-order valence-corrected chi connectivity index (χ2v) is 6.65. The van der Waals surface area contributed by atoms with Crippen molar-refractivity contribution in [2.24, 2.45) is 0 Å². The van der Waals surface area contributed by atoms with Gasteiger partial charge in [-0.15, -0.1) is 0 Å². The van der Waals surface area contributed by atoms with Crippen LogP contribution >= 0.6 is 0 Å². The Hall–Kier alpha value is -1.98. The summed E-state index contributed by atoms with van der Waals surface area (Å²) in [6, 6.07) is 5.60. The first kappa shape index (κ1) is 16.4. The summed E-state index contributed by atoms with van der Waals surface area (Å²) in [4.78, 5) is 18.4. The van der Waals surface area contributed by atoms with Crippen molar-refractivity contribution >= 4 is 17.7 Å². The average molecular weight is 306 g/mol. The van der Waals surface area contributed by atoms with Crippen LogP contribution in [0.5, 0.6) is 0 Å². The van der Waals surface area contributed by atoms with Crippen molar-refractivity contribution in [1.29, 1.82) is 0 Å². The van der Waals surface area contributed by atoms with E-state index in [-0.39, 0.29) is 12.1 Å². The fourth-order valence-corrected chi connectivity index (χ4v) is 2.55. The van der Waals surface area contributed by atoms with Crippen molar-refractivity contribution in [3.63, 3.8) is 0 Å². The Morgan fingerprint density at radius 2 is 2.23 bits per heavy atom. The van der Waals surface area contributed by atoms with Crippen molar-refractivity contribution in [2.75, 3.05) is 24.1 Å². The van der Waals surface area contributed by atoms with Gasteiger partial charge in [-0.3, -0.25) is 0 Å². The SMILES string of the molecule is CC(C)(C)OC(=O)N1CCCC[C@@H]1CNc1cccc(N)n1. The van der Waals surface area contributed by atoms with Crippen LogP contribution in [0.3, 0.4) is 0 Å². The van der Waals surface area contributed by atoms with Gasteiger partial charge in [-0.2, -0.15) is 0 Å². The van der Waals surface area contributed by atoms with E-state index in [4.69, 9.17) is 10.5 Å². The normalized spacial score (nSPS) is 18.9. The van der Waals surface area contributed by atoms with Gasteiger partial charge in [-0.1, -0.05) is 6.07 Å². The summed E-state index contributed by atoms with van der Waals surface area (Å²) in [6.07, 6.45) is 2.87. The van der Waals surface area contributed by atoms with Gasteiger partial charge >= 0.3 is 6.09 Å². The molecule has 3 N–H and O–H groups in total. The maximum Gasteiger partial charge on any atom is 0.410 e. The number of rotatable bonds is 3. The van der Waals surface area contributed by atoms with Crippen LogP contribution in [-0.2, 0) is 4.74 Å². The summed E-state index contributed by atoms with van der Waals surface area (Å²) in [6.45, 7) is 7.05. The molecule has 1 fully saturated rings. The second-order valence-electron chi connectivity index (χ2n) is 6.65. The number of pyridine rings is 1. The number of carbonyl (C=O) groups excluding carboxylic acids is 1. The number of nitrogens with one attached hydrogen (secondary N) is 1. The van der Waals surface area contributed by atoms with Crippen LogP contribution in [0, 0.1) is 0 Å². The smallest absolute Gasteiger partial charge is 0.410 e. The molecule has 0 saturated carbocycles. The van der Waals surface area contributed by atoms with Crippen molar-refractivity contribution in [3.05, 3.63) is 18.2 Å². The molecule has 0 aromatic carbocycles. The van der Waals surface area contributed by atoms with E-state index in [0.29, 0.717) is 12.4 Å². The van der Waals surface area contributed by atoms with Crippen molar-refractivity contribution < 1.29 is 9.53 Å². The van der Waals surface area contributed by atoms with Gasteiger partial charge in [-0.05, 0) is 52.2 Å². The average Bonchev–Trinajstić information content (AvgIpc) is 2.44. The predicted molar refractivity (Wildman–Crippen MR) is 87.7 cm³/mol. The molecule has 1 atom stereocenters. The minimum atomic E-state index is -0.470. The Labute approximate surface area is 132 Å². The topological polar surface area (TPSA) is 80.5 Å². The van der Waals surface area contributed by atoms with Crippen LogP contribution < -0.4 is 11.1 Å². The Kier molecular flexibility index (Phi) is 5.11. The van der Waals surface area contributed by atoms with Crippen molar-refractivity contribution in [3.8, 4) is 0 Å². The molecule has 22 heavy (non-hydrogen) atoms. The van der Waals surface area contributed by atoms with Crippen LogP contribution in [0.4, 0.5) is 16.4 Å². The van der Waals surface area contributed by atoms with E-state index in [1.165, 1.54) is 0 Å². The lowest BCUT2D eigenvalue weighted by Crippen LogP contribution is -2.48. The Morgan fingerprint density at radius 1 is 1.45 bits per heavy atom. The standard InChI is InChI=1S/C16H26N4O2/c1-16(2,3)22-15(21)20-10-5-4-7-12(20)11-18-14-9-6-8-13(17)19-14/h6,8-9,12H,4-5,7,10-11H2,1-3H3,(H3,17,18,19)/t12-/m1/s1. The summed E-state index contributed by atoms with van der Waals surface area (Å²) in [5.41, 5.74) is 5.21. The number of hydrogen-bond acceptors (Lipinski definition) is 5. The second kappa shape index (κ2) is 6.85. The zero-order valence-corrected chi connectivity index (χ0v) is 13.6. The minimum absolute atomic E-state index is 0.117. The third-order valence-electron chi connectivity index (χ3n) is 3.54. The molecule has 0 bridgehead atoms. The van der Waals surface area contributed by atoms with Crippen LogP contribution in [0.1, 0.15) is 40.0 Å². The molecule has 0 radical (unpaired) electrons. The minimum Gasteiger partial charge on any atom is -0.444 e. The molecule has 2 rings (SSSR count). The summed E-state index contributed by atoms with van der Waals surface area (Å²) >= 11 is 0. The molecular weight excluding hydrogens is 280 g/mol. The van der Waals surface area contributed by atoms with E-state index >= 15 is 0 Å². The number of nitrogen functional groups attached to an aromatic ring is 1. The zero-order valence-electron chi connectivity index (χ0n) is 13.6. The maximum absolute atomic E-state index is 12.3. The fourth-order valence-electron chi connectivity index (χ4n) is 2.55. The van der Waals surface area contributed by atoms with Crippen LogP contribution in [0.25, 0.3) is 0 Å². The molecule has 0 aliphatic carbocycles. The van der Waals surface area contributed by atoms with Gasteiger partial charge in [0.25, 0.3) is 0 Å². The van der Waals surface area contributed by atoms with Crippen molar-refractivity contribution in [2.45, 2.75) is 51.7 Å². The first-order valence-electron chi connectivity index (χ1n) is 7.81. The molecular formula is C16H26N4O2. The molecule has 1 aromatic heterocycles. The molecule has 1 aromatic rings. The predicted octanol–water partition coefficient (Wildman–Crippen LogP) is 2.87. The van der Waals surface area contributed by atoms with E-state index in [2.05, 4.69) is 10.3 Å². The maximum atomic E-state index is 12.3. The molecule has 122 valence electrons. The number of carbonyl (C=O) groups is 1. The highest BCUT2D eigenvalue weighted by atomic mass is 16.6. The number of nitrogens with zero attached hydrogens (tertiary/aromatic N) is 2. The molecule has 1 aliphatic heterocycles. The molecule has 0 unspecified atom stereocenters. The van der Waals surface area contributed by atoms with Gasteiger partial charge in [-0.25, -0.2) is 9.78 Å². The number of anilines is 2. The molecule has 2 heterocycles. The Bertz CT molecular complexity index is 513. The lowest BCUT2D eigenvalue weighted by Gasteiger charge is -2.36. The third-order valence-corrected chi connectivity index (χ3v) is 3.54. The van der Waals surface area contributed by atoms with Gasteiger partial charge in [0.1, 0.15) is 17.2 Å². The Balaban J connectivity index is 1.96. The summed E-state index contributed by atoms with van der Waals surface area (Å²) in [5.74, 6) is 1.22. The number of ether oxygens (including phenoxy) is 1. The van der Waals surface area contributed by atoms with E-state index in [1.807, 2.05) is 37.8 Å². The largest absolute Gasteiger partial charge is 0.444 e. The van der Waals surface area contributed by atoms with Gasteiger partial charge in [0.15, 0.2) is 0 Å². The Morgan fingerprint density at radius 3 is 2.91 bits per heavy atom. The molecule has 1 aliphatic rings.